The number of aryl methyl sites for hydroxylation is 6. The molecular weight excluding hydrogens is 1290 g/mol. The Morgan fingerprint density at radius 1 is 0.441 bits per heavy atom. The summed E-state index contributed by atoms with van der Waals surface area (Å²) in [6.07, 6.45) is 18.9. The van der Waals surface area contributed by atoms with Gasteiger partial charge in [-0.15, -0.1) is 0 Å². The predicted molar refractivity (Wildman–Crippen MR) is 345 cm³/mol. The summed E-state index contributed by atoms with van der Waals surface area (Å²) in [6, 6.07) is 31.1. The van der Waals surface area contributed by atoms with Crippen LogP contribution >= 0.6 is 11.6 Å². The highest BCUT2D eigenvalue weighted by atomic mass is 35.5. The van der Waals surface area contributed by atoms with Gasteiger partial charge in [-0.3, -0.25) is 0 Å². The van der Waals surface area contributed by atoms with Crippen molar-refractivity contribution in [1.29, 1.82) is 0 Å². The molecule has 0 saturated heterocycles. The fourth-order valence-corrected chi connectivity index (χ4v) is 8.78. The number of imidazole rings is 3. The van der Waals surface area contributed by atoms with Gasteiger partial charge in [-0.2, -0.15) is 24.4 Å². The molecule has 0 radical (unpaired) electrons. The third-order valence-corrected chi connectivity index (χ3v) is 13.8. The summed E-state index contributed by atoms with van der Waals surface area (Å²) in [5.74, 6) is 4.03. The molecule has 4 aromatic heterocycles. The van der Waals surface area contributed by atoms with Gasteiger partial charge in [0.2, 0.25) is 17.2 Å². The zero-order valence-corrected chi connectivity index (χ0v) is 57.0. The lowest BCUT2D eigenvalue weighted by Gasteiger charge is -2.10. The maximum Gasteiger partial charge on any atom is 0.524 e. The quantitative estimate of drug-likeness (QED) is 0.0127. The standard InChI is InChI=1S/C31H38ClN15.C29H38N12O.4ClH/c1-44-19-20-45(2)30(44)42-40-25-11-7-23(8-12-25)33-15-5-17-35-28-37-27(32)38-29(39-28)36-18-6-16-34-24-9-13-26(14-10-24)41-43-31-46(3)21-22-47(31)4;1-38-19-20-39(2)28(38)36-34-25-11-7-23(8-12-25)30-15-5-17-32-27(42)33-18-6-16-31-24-9-13-26(14-10-24)35-37-29-40(3)21-22-41(29)4;;;;/h7-14,19-22H,5-6,15-18H2,1-4H3,(H2,35,36,37,38,39);7-14,19-22H,5-6,15-18H2,1-4H3,(H2,32,33,42);4*1H/p+1. The summed E-state index contributed by atoms with van der Waals surface area (Å²) in [6.45, 7) is 5.54. The summed E-state index contributed by atoms with van der Waals surface area (Å²) in [5, 5.41) is 60.5. The number of benzene rings is 4. The molecule has 4 aromatic carbocycles. The van der Waals surface area contributed by atoms with Crippen LogP contribution in [0.2, 0.25) is 5.28 Å². The topological polar surface area (TPSA) is 285 Å². The minimum Gasteiger partial charge on any atom is -1.00 e. The van der Waals surface area contributed by atoms with Crippen molar-refractivity contribution in [1.82, 2.24) is 39.3 Å². The van der Waals surface area contributed by atoms with Crippen molar-refractivity contribution < 1.29 is 77.6 Å². The van der Waals surface area contributed by atoms with Crippen LogP contribution in [0.5, 0.6) is 0 Å². The van der Waals surface area contributed by atoms with Gasteiger partial charge >= 0.3 is 29.8 Å². The van der Waals surface area contributed by atoms with Crippen molar-refractivity contribution in [3.63, 3.8) is 0 Å². The summed E-state index contributed by atoms with van der Waals surface area (Å²) >= 11 is 6.15. The van der Waals surface area contributed by atoms with Gasteiger partial charge in [0.15, 0.2) is 0 Å². The van der Waals surface area contributed by atoms with E-state index in [4.69, 9.17) is 11.6 Å². The largest absolute Gasteiger partial charge is 1.00 e. The van der Waals surface area contributed by atoms with E-state index >= 15 is 0 Å². The van der Waals surface area contributed by atoms with Crippen LogP contribution in [0.25, 0.3) is 0 Å². The molecule has 0 aliphatic carbocycles. The van der Waals surface area contributed by atoms with Crippen LogP contribution in [0.4, 0.5) is 80.0 Å². The molecule has 0 fully saturated rings. The molecule has 496 valence electrons. The van der Waals surface area contributed by atoms with E-state index in [1.807, 2.05) is 235 Å². The van der Waals surface area contributed by atoms with E-state index in [-0.39, 0.29) is 60.9 Å². The number of urea groups is 1. The molecule has 9 N–H and O–H groups in total. The number of carbonyl (C=O) groups is 1. The first kappa shape index (κ1) is 76.3. The molecule has 9 rings (SSSR count). The van der Waals surface area contributed by atoms with Crippen molar-refractivity contribution >= 4 is 98.8 Å². The first-order valence-corrected chi connectivity index (χ1v) is 29.7. The highest BCUT2D eigenvalue weighted by Crippen LogP contribution is 2.22. The molecule has 2 amide bonds. The van der Waals surface area contributed by atoms with E-state index in [1.54, 1.807) is 0 Å². The van der Waals surface area contributed by atoms with Crippen LogP contribution in [0, 0.1) is 0 Å². The van der Waals surface area contributed by atoms with Crippen LogP contribution in [0.1, 0.15) is 25.7 Å². The van der Waals surface area contributed by atoms with E-state index < -0.39 is 0 Å². The molecule has 93 heavy (non-hydrogen) atoms. The Morgan fingerprint density at radius 3 is 1.03 bits per heavy atom. The zero-order chi connectivity index (χ0) is 62.7. The Morgan fingerprint density at radius 2 is 0.742 bits per heavy atom. The van der Waals surface area contributed by atoms with Crippen molar-refractivity contribution in [3.8, 4) is 0 Å². The molecule has 1 aliphatic rings. The third-order valence-electron chi connectivity index (χ3n) is 13.6. The van der Waals surface area contributed by atoms with Gasteiger partial charge in [0, 0.05) is 90.5 Å². The number of anilines is 6. The number of quaternary nitrogens is 1. The number of nitrogens with zero attached hydrogens (tertiary/aromatic N) is 18. The molecule has 0 saturated carbocycles. The van der Waals surface area contributed by atoms with Crippen LogP contribution in [0.3, 0.4) is 0 Å². The Hall–Kier alpha value is -9.19. The highest BCUT2D eigenvalue weighted by molar-refractivity contribution is 6.28. The van der Waals surface area contributed by atoms with E-state index in [0.29, 0.717) is 38.1 Å². The number of guanidine groups is 1. The SMILES string of the molecule is Cn1cc[n+](C)c1N=Nc1ccc(NCCCNC(=O)NCCCNc2ccc(N=NC3=[N+](C)C=C[NH+]3C)cc2)cc1.Cn1cc[n+](C)c1N=Nc1ccc(NCCCNc2nc(Cl)nc(NCCCNc3ccc(N=Nc4n(C)cc[n+]4C)cc3)n2)cc1.[Cl-].[Cl-].[Cl-].[Cl-]. The lowest BCUT2D eigenvalue weighted by atomic mass is 10.3. The van der Waals surface area contributed by atoms with Crippen molar-refractivity contribution in [2.45, 2.75) is 25.7 Å². The van der Waals surface area contributed by atoms with E-state index in [9.17, 15) is 4.79 Å². The molecule has 0 spiro atoms. The molecule has 1 unspecified atom stereocenters. The fraction of sp³-hybridized carbons (Fsp3) is 0.333. The summed E-state index contributed by atoms with van der Waals surface area (Å²) < 4.78 is 13.4. The summed E-state index contributed by atoms with van der Waals surface area (Å²) in [7, 11) is 15.6. The summed E-state index contributed by atoms with van der Waals surface area (Å²) in [4.78, 5) is 26.0. The number of carbonyl (C=O) groups excluding carboxylic acids is 1. The zero-order valence-electron chi connectivity index (χ0n) is 53.2. The Kier molecular flexibility index (Phi) is 32.7. The average molecular weight is 1370 g/mol. The number of hydrogen-bond donors (Lipinski definition) is 9. The van der Waals surface area contributed by atoms with Gasteiger partial charge in [-0.25, -0.2) is 32.2 Å². The number of rotatable bonds is 29. The Labute approximate surface area is 571 Å². The number of amides is 2. The second kappa shape index (κ2) is 39.9. The first-order chi connectivity index (χ1) is 43.2. The molecule has 1 aliphatic heterocycles. The van der Waals surface area contributed by atoms with Crippen LogP contribution in [0.15, 0.2) is 188 Å². The molecule has 33 heteroatoms. The van der Waals surface area contributed by atoms with Gasteiger partial charge in [-0.1, -0.05) is 15.3 Å². The number of azo groups is 4. The number of halogens is 5. The van der Waals surface area contributed by atoms with E-state index in [2.05, 4.69) is 98.4 Å². The van der Waals surface area contributed by atoms with Crippen LogP contribution in [-0.2, 0) is 42.3 Å². The minimum absolute atomic E-state index is 0. The maximum atomic E-state index is 12.1. The highest BCUT2D eigenvalue weighted by Gasteiger charge is 2.26. The minimum atomic E-state index is -0.153. The molecule has 0 bridgehead atoms. The first-order valence-electron chi connectivity index (χ1n) is 29.3. The second-order valence-electron chi connectivity index (χ2n) is 20.8. The normalized spacial score (nSPS) is 12.4. The average Bonchev–Trinajstić information content (AvgIpc) is 2.30. The second-order valence-corrected chi connectivity index (χ2v) is 21.1. The predicted octanol–water partition coefficient (Wildman–Crippen LogP) is -3.52. The van der Waals surface area contributed by atoms with Crippen molar-refractivity contribution in [2.75, 3.05) is 98.4 Å². The number of hydrogen-bond acceptors (Lipinski definition) is 18. The molecule has 8 aromatic rings. The molecule has 5 heterocycles. The molecule has 1 atom stereocenters. The van der Waals surface area contributed by atoms with Crippen LogP contribution < -0.4 is 111 Å². The Balaban J connectivity index is 0.000000382. The lowest BCUT2D eigenvalue weighted by molar-refractivity contribution is -0.735. The van der Waals surface area contributed by atoms with E-state index in [0.717, 1.165) is 126 Å². The van der Waals surface area contributed by atoms with Crippen molar-refractivity contribution in [3.05, 3.63) is 152 Å². The van der Waals surface area contributed by atoms with Crippen molar-refractivity contribution in [2.24, 2.45) is 83.2 Å². The van der Waals surface area contributed by atoms with Crippen LogP contribution in [-0.4, -0.2) is 112 Å². The Bertz CT molecular complexity index is 3550. The number of nitrogens with one attached hydrogen (secondary N) is 9. The number of aromatic nitrogens is 9. The van der Waals surface area contributed by atoms with Gasteiger partial charge in [-0.05, 0) is 139 Å². The van der Waals surface area contributed by atoms with Gasteiger partial charge < -0.3 is 92.2 Å². The van der Waals surface area contributed by atoms with E-state index in [1.165, 1.54) is 0 Å². The smallest absolute Gasteiger partial charge is 0.524 e. The monoisotopic (exact) mass is 1370 g/mol. The third kappa shape index (κ3) is 25.1. The molecular formula is C60H81Cl5N27O+. The molecule has 28 nitrogen and oxygen atoms in total. The van der Waals surface area contributed by atoms with Gasteiger partial charge in [0.05, 0.1) is 93.6 Å². The lowest BCUT2D eigenvalue weighted by Crippen LogP contribution is -3.06. The van der Waals surface area contributed by atoms with Gasteiger partial charge in [0.1, 0.15) is 40.3 Å². The fourth-order valence-electron chi connectivity index (χ4n) is 8.62. The maximum absolute atomic E-state index is 12.1. The van der Waals surface area contributed by atoms with Gasteiger partial charge in [0.25, 0.3) is 0 Å². The summed E-state index contributed by atoms with van der Waals surface area (Å²) in [5.41, 5.74) is 7.16.